The van der Waals surface area contributed by atoms with Gasteiger partial charge in [-0.3, -0.25) is 0 Å². The molecule has 1 aliphatic carbocycles. The summed E-state index contributed by atoms with van der Waals surface area (Å²) in [6.45, 7) is 1.95. The van der Waals surface area contributed by atoms with Gasteiger partial charge in [-0.1, -0.05) is 22.0 Å². The smallest absolute Gasteiger partial charge is 0.123 e. The molecular formula is C12H14BrF. The third-order valence-corrected chi connectivity index (χ3v) is 3.74. The van der Waals surface area contributed by atoms with Crippen LogP contribution in [0, 0.1) is 12.7 Å². The topological polar surface area (TPSA) is 0 Å². The van der Waals surface area contributed by atoms with E-state index in [1.807, 2.05) is 6.92 Å². The molecule has 1 aliphatic rings. The third kappa shape index (κ3) is 2.17. The highest BCUT2D eigenvalue weighted by Crippen LogP contribution is 2.38. The van der Waals surface area contributed by atoms with Crippen molar-refractivity contribution in [3.05, 3.63) is 35.1 Å². The maximum absolute atomic E-state index is 13.2. The standard InChI is InChI=1S/C12H14BrF/c1-8-4-10(7-12(14)5-8)9-2-3-11(13)6-9/h4-5,7,9,11H,2-3,6H2,1H3. The molecule has 1 aromatic carbocycles. The van der Waals surface area contributed by atoms with Gasteiger partial charge >= 0.3 is 0 Å². The Morgan fingerprint density at radius 2 is 2.07 bits per heavy atom. The van der Waals surface area contributed by atoms with Crippen LogP contribution in [-0.2, 0) is 0 Å². The summed E-state index contributed by atoms with van der Waals surface area (Å²) in [6, 6.07) is 5.38. The van der Waals surface area contributed by atoms with Crippen molar-refractivity contribution in [3.8, 4) is 0 Å². The maximum Gasteiger partial charge on any atom is 0.123 e. The van der Waals surface area contributed by atoms with Crippen LogP contribution < -0.4 is 0 Å². The number of halogens is 2. The summed E-state index contributed by atoms with van der Waals surface area (Å²) in [6.07, 6.45) is 3.53. The normalized spacial score (nSPS) is 26.8. The Balaban J connectivity index is 2.23. The first-order valence-corrected chi connectivity index (χ1v) is 5.98. The summed E-state index contributed by atoms with van der Waals surface area (Å²) in [7, 11) is 0. The number of benzene rings is 1. The van der Waals surface area contributed by atoms with E-state index in [-0.39, 0.29) is 5.82 Å². The molecule has 0 aliphatic heterocycles. The molecule has 1 saturated carbocycles. The Labute approximate surface area is 92.6 Å². The van der Waals surface area contributed by atoms with Crippen LogP contribution in [-0.4, -0.2) is 4.83 Å². The molecule has 0 bridgehead atoms. The second kappa shape index (κ2) is 4.01. The van der Waals surface area contributed by atoms with Crippen LogP contribution in [0.1, 0.15) is 36.3 Å². The van der Waals surface area contributed by atoms with Crippen LogP contribution >= 0.6 is 15.9 Å². The Kier molecular flexibility index (Phi) is 2.91. The van der Waals surface area contributed by atoms with E-state index in [1.54, 1.807) is 12.1 Å². The fourth-order valence-electron chi connectivity index (χ4n) is 2.23. The third-order valence-electron chi connectivity index (χ3n) is 2.90. The van der Waals surface area contributed by atoms with Crippen molar-refractivity contribution < 1.29 is 4.39 Å². The molecule has 0 saturated heterocycles. The average molecular weight is 257 g/mol. The molecule has 1 aromatic rings. The fourth-order valence-corrected chi connectivity index (χ4v) is 2.95. The minimum Gasteiger partial charge on any atom is -0.207 e. The second-order valence-electron chi connectivity index (χ2n) is 4.17. The van der Waals surface area contributed by atoms with Crippen molar-refractivity contribution in [1.82, 2.24) is 0 Å². The zero-order valence-electron chi connectivity index (χ0n) is 8.26. The molecule has 2 heteroatoms. The van der Waals surface area contributed by atoms with Crippen molar-refractivity contribution in [2.24, 2.45) is 0 Å². The predicted molar refractivity (Wildman–Crippen MR) is 60.4 cm³/mol. The van der Waals surface area contributed by atoms with Crippen molar-refractivity contribution in [2.45, 2.75) is 36.9 Å². The summed E-state index contributed by atoms with van der Waals surface area (Å²) in [4.78, 5) is 0.621. The van der Waals surface area contributed by atoms with Gasteiger partial charge in [-0.15, -0.1) is 0 Å². The van der Waals surface area contributed by atoms with Crippen LogP contribution in [0.25, 0.3) is 0 Å². The van der Waals surface area contributed by atoms with E-state index >= 15 is 0 Å². The molecule has 2 atom stereocenters. The van der Waals surface area contributed by atoms with E-state index in [0.29, 0.717) is 10.7 Å². The predicted octanol–water partition coefficient (Wildman–Crippen LogP) is 4.17. The largest absolute Gasteiger partial charge is 0.207 e. The summed E-state index contributed by atoms with van der Waals surface area (Å²) < 4.78 is 13.2. The number of aryl methyl sites for hydroxylation is 1. The molecule has 0 aromatic heterocycles. The highest BCUT2D eigenvalue weighted by atomic mass is 79.9. The molecule has 0 N–H and O–H groups in total. The zero-order valence-corrected chi connectivity index (χ0v) is 9.85. The molecule has 14 heavy (non-hydrogen) atoms. The van der Waals surface area contributed by atoms with E-state index < -0.39 is 0 Å². The van der Waals surface area contributed by atoms with E-state index in [9.17, 15) is 4.39 Å². The lowest BCUT2D eigenvalue weighted by Crippen LogP contribution is -1.96. The Bertz CT molecular complexity index is 315. The second-order valence-corrected chi connectivity index (χ2v) is 5.46. The Morgan fingerprint density at radius 1 is 1.29 bits per heavy atom. The van der Waals surface area contributed by atoms with Crippen molar-refractivity contribution in [2.75, 3.05) is 0 Å². The summed E-state index contributed by atoms with van der Waals surface area (Å²) in [5, 5.41) is 0. The molecule has 0 nitrogen and oxygen atoms in total. The minimum atomic E-state index is -0.0991. The van der Waals surface area contributed by atoms with Gasteiger partial charge in [0.15, 0.2) is 0 Å². The van der Waals surface area contributed by atoms with Crippen LogP contribution in [0.3, 0.4) is 0 Å². The lowest BCUT2D eigenvalue weighted by molar-refractivity contribution is 0.617. The number of hydrogen-bond donors (Lipinski definition) is 0. The first kappa shape index (κ1) is 10.2. The van der Waals surface area contributed by atoms with Gasteiger partial charge in [-0.2, -0.15) is 0 Å². The van der Waals surface area contributed by atoms with Gasteiger partial charge in [0.05, 0.1) is 0 Å². The van der Waals surface area contributed by atoms with Crippen LogP contribution in [0.4, 0.5) is 4.39 Å². The highest BCUT2D eigenvalue weighted by Gasteiger charge is 2.24. The van der Waals surface area contributed by atoms with Crippen molar-refractivity contribution >= 4 is 15.9 Å². The molecule has 1 fully saturated rings. The number of rotatable bonds is 1. The van der Waals surface area contributed by atoms with Crippen LogP contribution in [0.15, 0.2) is 18.2 Å². The summed E-state index contributed by atoms with van der Waals surface area (Å²) in [5.74, 6) is 0.451. The summed E-state index contributed by atoms with van der Waals surface area (Å²) in [5.41, 5.74) is 2.20. The van der Waals surface area contributed by atoms with Gasteiger partial charge in [-0.05, 0) is 55.4 Å². The number of alkyl halides is 1. The fraction of sp³-hybridized carbons (Fsp3) is 0.500. The lowest BCUT2D eigenvalue weighted by atomic mass is 9.96. The molecule has 2 unspecified atom stereocenters. The number of hydrogen-bond acceptors (Lipinski definition) is 0. The molecule has 0 radical (unpaired) electrons. The molecule has 76 valence electrons. The minimum absolute atomic E-state index is 0.0991. The monoisotopic (exact) mass is 256 g/mol. The summed E-state index contributed by atoms with van der Waals surface area (Å²) >= 11 is 3.62. The van der Waals surface area contributed by atoms with E-state index in [0.717, 1.165) is 12.0 Å². The SMILES string of the molecule is Cc1cc(F)cc(C2CCC(Br)C2)c1. The van der Waals surface area contributed by atoms with E-state index in [4.69, 9.17) is 0 Å². The van der Waals surface area contributed by atoms with Crippen LogP contribution in [0.2, 0.25) is 0 Å². The van der Waals surface area contributed by atoms with Gasteiger partial charge in [-0.25, -0.2) is 4.39 Å². The Morgan fingerprint density at radius 3 is 2.64 bits per heavy atom. The first-order chi connectivity index (χ1) is 6.65. The molecule has 0 amide bonds. The molecule has 2 rings (SSSR count). The maximum atomic E-state index is 13.2. The van der Waals surface area contributed by atoms with E-state index in [1.165, 1.54) is 18.4 Å². The molecule has 0 heterocycles. The zero-order chi connectivity index (χ0) is 10.1. The highest BCUT2D eigenvalue weighted by molar-refractivity contribution is 9.09. The van der Waals surface area contributed by atoms with Gasteiger partial charge in [0.1, 0.15) is 5.82 Å². The average Bonchev–Trinajstić information content (AvgIpc) is 2.50. The molecular weight excluding hydrogens is 243 g/mol. The molecule has 0 spiro atoms. The van der Waals surface area contributed by atoms with Crippen LogP contribution in [0.5, 0.6) is 0 Å². The van der Waals surface area contributed by atoms with Gasteiger partial charge in [0, 0.05) is 4.83 Å². The van der Waals surface area contributed by atoms with Gasteiger partial charge in [0.25, 0.3) is 0 Å². The quantitative estimate of drug-likeness (QED) is 0.662. The van der Waals surface area contributed by atoms with Crippen molar-refractivity contribution in [1.29, 1.82) is 0 Å². The van der Waals surface area contributed by atoms with Gasteiger partial charge < -0.3 is 0 Å². The van der Waals surface area contributed by atoms with Crippen molar-refractivity contribution in [3.63, 3.8) is 0 Å². The Hall–Kier alpha value is -0.370. The lowest BCUT2D eigenvalue weighted by Gasteiger charge is -2.10. The van der Waals surface area contributed by atoms with Gasteiger partial charge in [0.2, 0.25) is 0 Å². The first-order valence-electron chi connectivity index (χ1n) is 5.06. The van der Waals surface area contributed by atoms with E-state index in [2.05, 4.69) is 22.0 Å².